The van der Waals surface area contributed by atoms with E-state index in [0.717, 1.165) is 37.1 Å². The SMILES string of the molecule is Cc1n[nH]cc1NC(=O)Nc1ccc(-c2nc(N3CCOC[C@@H]3C)cc(C3(S(=O)(=O)C4CCCC4)CC3)n2)cc1. The number of anilines is 3. The summed E-state index contributed by atoms with van der Waals surface area (Å²) >= 11 is 0. The predicted octanol–water partition coefficient (Wildman–Crippen LogP) is 4.39. The summed E-state index contributed by atoms with van der Waals surface area (Å²) in [6, 6.07) is 8.87. The largest absolute Gasteiger partial charge is 0.377 e. The first-order chi connectivity index (χ1) is 19.3. The Morgan fingerprint density at radius 2 is 1.88 bits per heavy atom. The van der Waals surface area contributed by atoms with Gasteiger partial charge in [0.25, 0.3) is 0 Å². The monoisotopic (exact) mass is 565 g/mol. The zero-order chi connectivity index (χ0) is 27.9. The van der Waals surface area contributed by atoms with Gasteiger partial charge >= 0.3 is 6.03 Å². The number of rotatable bonds is 7. The summed E-state index contributed by atoms with van der Waals surface area (Å²) in [5.41, 5.74) is 3.23. The Morgan fingerprint density at radius 3 is 2.52 bits per heavy atom. The summed E-state index contributed by atoms with van der Waals surface area (Å²) in [6.07, 6.45) is 6.20. The lowest BCUT2D eigenvalue weighted by Gasteiger charge is -2.35. The highest BCUT2D eigenvalue weighted by Crippen LogP contribution is 2.55. The van der Waals surface area contributed by atoms with Gasteiger partial charge < -0.3 is 20.3 Å². The highest BCUT2D eigenvalue weighted by molar-refractivity contribution is 7.93. The van der Waals surface area contributed by atoms with Gasteiger partial charge in [0.2, 0.25) is 0 Å². The van der Waals surface area contributed by atoms with Crippen molar-refractivity contribution in [3.8, 4) is 11.4 Å². The first-order valence-electron chi connectivity index (χ1n) is 13.9. The molecule has 3 heterocycles. The molecule has 3 fully saturated rings. The highest BCUT2D eigenvalue weighted by Gasteiger charge is 2.59. The van der Waals surface area contributed by atoms with Crippen molar-refractivity contribution >= 4 is 33.1 Å². The molecule has 3 aromatic rings. The number of urea groups is 1. The van der Waals surface area contributed by atoms with Crippen LogP contribution in [0.1, 0.15) is 56.8 Å². The molecule has 2 aromatic heterocycles. The molecule has 3 N–H and O–H groups in total. The molecule has 12 heteroatoms. The fourth-order valence-electron chi connectivity index (χ4n) is 5.80. The Balaban J connectivity index is 1.31. The number of amides is 2. The van der Waals surface area contributed by atoms with Crippen LogP contribution >= 0.6 is 0 Å². The molecule has 0 radical (unpaired) electrons. The van der Waals surface area contributed by atoms with Crippen molar-refractivity contribution in [1.82, 2.24) is 20.2 Å². The molecule has 0 bridgehead atoms. The van der Waals surface area contributed by atoms with Crippen LogP contribution in [0.15, 0.2) is 36.5 Å². The molecule has 6 rings (SSSR count). The van der Waals surface area contributed by atoms with Crippen LogP contribution in [0.5, 0.6) is 0 Å². The Labute approximate surface area is 234 Å². The van der Waals surface area contributed by atoms with Gasteiger partial charge in [0, 0.05) is 30.1 Å². The van der Waals surface area contributed by atoms with Crippen molar-refractivity contribution in [2.24, 2.45) is 0 Å². The van der Waals surface area contributed by atoms with Crippen molar-refractivity contribution in [1.29, 1.82) is 0 Å². The number of hydrogen-bond donors (Lipinski definition) is 3. The second kappa shape index (κ2) is 10.5. The molecule has 40 heavy (non-hydrogen) atoms. The third-order valence-corrected chi connectivity index (χ3v) is 11.4. The lowest BCUT2D eigenvalue weighted by Crippen LogP contribution is -2.44. The maximum Gasteiger partial charge on any atom is 0.323 e. The van der Waals surface area contributed by atoms with Gasteiger partial charge in [-0.25, -0.2) is 23.2 Å². The second-order valence-electron chi connectivity index (χ2n) is 11.0. The van der Waals surface area contributed by atoms with E-state index in [4.69, 9.17) is 14.7 Å². The Morgan fingerprint density at radius 1 is 1.12 bits per heavy atom. The lowest BCUT2D eigenvalue weighted by atomic mass is 10.1. The first-order valence-corrected chi connectivity index (χ1v) is 15.5. The molecule has 212 valence electrons. The number of aromatic nitrogens is 4. The third-order valence-electron chi connectivity index (χ3n) is 8.31. The molecule has 1 atom stereocenters. The van der Waals surface area contributed by atoms with E-state index in [1.54, 1.807) is 25.3 Å². The second-order valence-corrected chi connectivity index (χ2v) is 13.6. The van der Waals surface area contributed by atoms with Crippen molar-refractivity contribution in [3.63, 3.8) is 0 Å². The van der Waals surface area contributed by atoms with Crippen LogP contribution < -0.4 is 15.5 Å². The normalized spacial score (nSPS) is 20.9. The molecule has 1 saturated heterocycles. The molecular formula is C28H35N7O4S. The molecule has 3 aliphatic rings. The zero-order valence-electron chi connectivity index (χ0n) is 22.8. The number of aryl methyl sites for hydroxylation is 1. The molecule has 2 amide bonds. The summed E-state index contributed by atoms with van der Waals surface area (Å²) < 4.78 is 32.4. The van der Waals surface area contributed by atoms with E-state index in [2.05, 4.69) is 32.7 Å². The van der Waals surface area contributed by atoms with Crippen molar-refractivity contribution in [3.05, 3.63) is 47.9 Å². The molecule has 1 aliphatic heterocycles. The average Bonchev–Trinajstić information content (AvgIpc) is 3.39. The summed E-state index contributed by atoms with van der Waals surface area (Å²) in [7, 11) is -3.38. The van der Waals surface area contributed by atoms with E-state index in [9.17, 15) is 13.2 Å². The van der Waals surface area contributed by atoms with Gasteiger partial charge in [0.1, 0.15) is 10.6 Å². The van der Waals surface area contributed by atoms with Gasteiger partial charge in [0.05, 0.1) is 41.6 Å². The van der Waals surface area contributed by atoms with Crippen LogP contribution in [0.25, 0.3) is 11.4 Å². The minimum Gasteiger partial charge on any atom is -0.377 e. The van der Waals surface area contributed by atoms with Gasteiger partial charge in [0.15, 0.2) is 15.7 Å². The van der Waals surface area contributed by atoms with Crippen molar-refractivity contribution in [2.45, 2.75) is 68.4 Å². The van der Waals surface area contributed by atoms with Crippen LogP contribution in [0, 0.1) is 6.92 Å². The van der Waals surface area contributed by atoms with Crippen LogP contribution in [-0.2, 0) is 19.3 Å². The number of nitrogens with one attached hydrogen (secondary N) is 3. The van der Waals surface area contributed by atoms with E-state index in [1.165, 1.54) is 0 Å². The molecule has 2 saturated carbocycles. The molecular weight excluding hydrogens is 530 g/mol. The Kier molecular flexibility index (Phi) is 6.99. The standard InChI is InChI=1S/C28H35N7O4S/c1-18-17-39-14-13-35(18)25-15-24(28(11-12-28)40(37,38)22-5-3-4-6-22)32-26(33-25)20-7-9-21(10-8-20)30-27(36)31-23-16-29-34-19(23)2/h7-10,15-16,18,22H,3-6,11-14,17H2,1-2H3,(H,29,34)(H2,30,31,36)/t18-/m0/s1. The minimum absolute atomic E-state index is 0.106. The van der Waals surface area contributed by atoms with E-state index in [0.29, 0.717) is 61.2 Å². The van der Waals surface area contributed by atoms with Gasteiger partial charge in [-0.05, 0) is 63.8 Å². The molecule has 2 aliphatic carbocycles. The van der Waals surface area contributed by atoms with E-state index >= 15 is 0 Å². The summed E-state index contributed by atoms with van der Waals surface area (Å²) in [6.45, 7) is 5.73. The number of carbonyl (C=O) groups excluding carboxylic acids is 1. The number of hydrogen-bond acceptors (Lipinski definition) is 8. The fraction of sp³-hybridized carbons (Fsp3) is 0.500. The summed E-state index contributed by atoms with van der Waals surface area (Å²) in [5.74, 6) is 1.20. The number of benzene rings is 1. The average molecular weight is 566 g/mol. The smallest absolute Gasteiger partial charge is 0.323 e. The van der Waals surface area contributed by atoms with Crippen LogP contribution in [-0.4, -0.2) is 65.7 Å². The Bertz CT molecular complexity index is 1500. The quantitative estimate of drug-likeness (QED) is 0.383. The summed E-state index contributed by atoms with van der Waals surface area (Å²) in [4.78, 5) is 24.4. The number of H-pyrrole nitrogens is 1. The maximum absolute atomic E-state index is 13.9. The fourth-order valence-corrected chi connectivity index (χ4v) is 8.46. The highest BCUT2D eigenvalue weighted by atomic mass is 32.2. The molecule has 0 unspecified atom stereocenters. The number of morpholine rings is 1. The number of sulfone groups is 1. The summed E-state index contributed by atoms with van der Waals surface area (Å²) in [5, 5.41) is 12.0. The van der Waals surface area contributed by atoms with E-state index in [1.807, 2.05) is 18.2 Å². The lowest BCUT2D eigenvalue weighted by molar-refractivity contribution is 0.0985. The number of nitrogens with zero attached hydrogens (tertiary/aromatic N) is 4. The number of aromatic amines is 1. The van der Waals surface area contributed by atoms with Crippen molar-refractivity contribution < 1.29 is 17.9 Å². The number of ether oxygens (including phenoxy) is 1. The molecule has 1 aromatic carbocycles. The first kappa shape index (κ1) is 26.7. The van der Waals surface area contributed by atoms with E-state index < -0.39 is 14.6 Å². The van der Waals surface area contributed by atoms with Gasteiger partial charge in [-0.15, -0.1) is 0 Å². The Hall–Kier alpha value is -3.51. The zero-order valence-corrected chi connectivity index (χ0v) is 23.6. The van der Waals surface area contributed by atoms with Gasteiger partial charge in [-0.1, -0.05) is 12.8 Å². The number of carbonyl (C=O) groups is 1. The van der Waals surface area contributed by atoms with Crippen LogP contribution in [0.2, 0.25) is 0 Å². The predicted molar refractivity (Wildman–Crippen MR) is 153 cm³/mol. The minimum atomic E-state index is -3.38. The van der Waals surface area contributed by atoms with Crippen LogP contribution in [0.4, 0.5) is 22.0 Å². The molecule has 11 nitrogen and oxygen atoms in total. The van der Waals surface area contributed by atoms with Crippen LogP contribution in [0.3, 0.4) is 0 Å². The topological polar surface area (TPSA) is 142 Å². The van der Waals surface area contributed by atoms with Crippen molar-refractivity contribution in [2.75, 3.05) is 35.3 Å². The van der Waals surface area contributed by atoms with Gasteiger partial charge in [-0.3, -0.25) is 5.10 Å². The van der Waals surface area contributed by atoms with Gasteiger partial charge in [-0.2, -0.15) is 5.10 Å². The van der Waals surface area contributed by atoms with E-state index in [-0.39, 0.29) is 17.3 Å². The maximum atomic E-state index is 13.9. The third kappa shape index (κ3) is 4.94. The molecule has 0 spiro atoms.